The van der Waals surface area contributed by atoms with Gasteiger partial charge in [-0.1, -0.05) is 28.1 Å². The predicted molar refractivity (Wildman–Crippen MR) is 75.0 cm³/mol. The highest BCUT2D eigenvalue weighted by molar-refractivity contribution is 9.10. The van der Waals surface area contributed by atoms with E-state index in [1.54, 1.807) is 6.08 Å². The van der Waals surface area contributed by atoms with Crippen molar-refractivity contribution < 1.29 is 9.90 Å². The van der Waals surface area contributed by atoms with Gasteiger partial charge in [-0.3, -0.25) is 4.79 Å². The second-order valence-electron chi connectivity index (χ2n) is 4.68. The lowest BCUT2D eigenvalue weighted by Gasteiger charge is -2.36. The minimum absolute atomic E-state index is 0.168. The molecule has 1 aliphatic carbocycles. The number of carbonyl (C=O) groups is 1. The first-order chi connectivity index (χ1) is 8.57. The van der Waals surface area contributed by atoms with Crippen molar-refractivity contribution >= 4 is 27.9 Å². The molecule has 0 saturated heterocycles. The maximum absolute atomic E-state index is 11.6. The summed E-state index contributed by atoms with van der Waals surface area (Å²) in [6.07, 6.45) is 5.85. The molecular weight excluding hydrogens is 294 g/mol. The molecule has 3 nitrogen and oxygen atoms in total. The molecule has 0 aliphatic heterocycles. The second kappa shape index (κ2) is 5.67. The monoisotopic (exact) mass is 309 g/mol. The largest absolute Gasteiger partial charge is 0.388 e. The number of carbonyl (C=O) groups excluding carboxylic acids is 1. The molecule has 96 valence electrons. The zero-order valence-corrected chi connectivity index (χ0v) is 11.6. The third kappa shape index (κ3) is 3.68. The van der Waals surface area contributed by atoms with Gasteiger partial charge in [0.15, 0.2) is 0 Å². The molecule has 1 saturated carbocycles. The van der Waals surface area contributed by atoms with Crippen LogP contribution in [0.5, 0.6) is 0 Å². The highest BCUT2D eigenvalue weighted by atomic mass is 79.9. The molecule has 1 fully saturated rings. The highest BCUT2D eigenvalue weighted by Gasteiger charge is 2.34. The first-order valence-corrected chi connectivity index (χ1v) is 6.81. The van der Waals surface area contributed by atoms with Crippen LogP contribution in [0, 0.1) is 0 Å². The van der Waals surface area contributed by atoms with E-state index in [9.17, 15) is 9.90 Å². The van der Waals surface area contributed by atoms with Crippen molar-refractivity contribution in [2.75, 3.05) is 6.54 Å². The van der Waals surface area contributed by atoms with Crippen molar-refractivity contribution in [3.63, 3.8) is 0 Å². The van der Waals surface area contributed by atoms with Gasteiger partial charge in [-0.15, -0.1) is 0 Å². The van der Waals surface area contributed by atoms with Crippen LogP contribution in [0.25, 0.3) is 6.08 Å². The zero-order valence-electron chi connectivity index (χ0n) is 10.0. The van der Waals surface area contributed by atoms with Gasteiger partial charge in [0.2, 0.25) is 5.91 Å². The van der Waals surface area contributed by atoms with E-state index in [2.05, 4.69) is 21.2 Å². The fourth-order valence-electron chi connectivity index (χ4n) is 1.82. The van der Waals surface area contributed by atoms with Gasteiger partial charge in [-0.25, -0.2) is 0 Å². The average molecular weight is 310 g/mol. The van der Waals surface area contributed by atoms with Crippen LogP contribution in [-0.2, 0) is 4.79 Å². The number of amides is 1. The Morgan fingerprint density at radius 2 is 2.06 bits per heavy atom. The molecule has 1 aromatic carbocycles. The van der Waals surface area contributed by atoms with Crippen molar-refractivity contribution in [1.82, 2.24) is 5.32 Å². The lowest BCUT2D eigenvalue weighted by molar-refractivity contribution is -0.118. The topological polar surface area (TPSA) is 49.3 Å². The smallest absolute Gasteiger partial charge is 0.244 e. The number of nitrogens with one attached hydrogen (secondary N) is 1. The molecule has 1 aromatic rings. The van der Waals surface area contributed by atoms with E-state index in [1.807, 2.05) is 24.3 Å². The molecule has 1 aliphatic rings. The summed E-state index contributed by atoms with van der Waals surface area (Å²) in [6.45, 7) is 0.344. The number of benzene rings is 1. The van der Waals surface area contributed by atoms with Crippen LogP contribution in [0.2, 0.25) is 0 Å². The van der Waals surface area contributed by atoms with Gasteiger partial charge >= 0.3 is 0 Å². The third-order valence-electron chi connectivity index (χ3n) is 3.17. The average Bonchev–Trinajstić information content (AvgIpc) is 2.33. The van der Waals surface area contributed by atoms with Crippen LogP contribution in [0.3, 0.4) is 0 Å². The zero-order chi connectivity index (χ0) is 13.0. The number of aliphatic hydroxyl groups is 1. The van der Waals surface area contributed by atoms with Crippen molar-refractivity contribution in [3.8, 4) is 0 Å². The SMILES string of the molecule is O=C(/C=C/c1ccc(Br)cc1)NCC1(O)CCC1. The van der Waals surface area contributed by atoms with Crippen LogP contribution in [0.15, 0.2) is 34.8 Å². The number of halogens is 1. The molecule has 2 rings (SSSR count). The Labute approximate surface area is 115 Å². The molecule has 0 heterocycles. The molecule has 2 N–H and O–H groups in total. The Balaban J connectivity index is 1.81. The Bertz CT molecular complexity index is 449. The van der Waals surface area contributed by atoms with Crippen molar-refractivity contribution in [2.45, 2.75) is 24.9 Å². The summed E-state index contributed by atoms with van der Waals surface area (Å²) in [5.41, 5.74) is 0.303. The summed E-state index contributed by atoms with van der Waals surface area (Å²) < 4.78 is 1.01. The van der Waals surface area contributed by atoms with Crippen LogP contribution in [0.4, 0.5) is 0 Å². The van der Waals surface area contributed by atoms with Crippen LogP contribution in [0.1, 0.15) is 24.8 Å². The van der Waals surface area contributed by atoms with Gasteiger partial charge in [0.1, 0.15) is 0 Å². The van der Waals surface area contributed by atoms with Gasteiger partial charge in [0.05, 0.1) is 5.60 Å². The normalized spacial score (nSPS) is 17.4. The fraction of sp³-hybridized carbons (Fsp3) is 0.357. The summed E-state index contributed by atoms with van der Waals surface area (Å²) in [5.74, 6) is -0.168. The third-order valence-corrected chi connectivity index (χ3v) is 3.70. The standard InChI is InChI=1S/C14H16BrNO2/c15-12-5-2-11(3-6-12)4-7-13(17)16-10-14(18)8-1-9-14/h2-7,18H,1,8-10H2,(H,16,17)/b7-4+. The molecule has 0 radical (unpaired) electrons. The summed E-state index contributed by atoms with van der Waals surface area (Å²) in [6, 6.07) is 7.70. The predicted octanol–water partition coefficient (Wildman–Crippen LogP) is 2.49. The first-order valence-electron chi connectivity index (χ1n) is 6.01. The minimum atomic E-state index is -0.666. The van der Waals surface area contributed by atoms with Crippen LogP contribution >= 0.6 is 15.9 Å². The molecule has 0 aromatic heterocycles. The van der Waals surface area contributed by atoms with Crippen molar-refractivity contribution in [1.29, 1.82) is 0 Å². The van der Waals surface area contributed by atoms with Gasteiger partial charge in [0, 0.05) is 17.1 Å². The Kier molecular flexibility index (Phi) is 4.19. The summed E-state index contributed by atoms with van der Waals surface area (Å²) in [4.78, 5) is 11.6. The van der Waals surface area contributed by atoms with Gasteiger partial charge in [-0.05, 0) is 43.0 Å². The lowest BCUT2D eigenvalue weighted by Crippen LogP contribution is -2.47. The Morgan fingerprint density at radius 1 is 1.39 bits per heavy atom. The van der Waals surface area contributed by atoms with E-state index in [-0.39, 0.29) is 5.91 Å². The molecule has 0 unspecified atom stereocenters. The van der Waals surface area contributed by atoms with Gasteiger partial charge < -0.3 is 10.4 Å². The van der Waals surface area contributed by atoms with E-state index >= 15 is 0 Å². The maximum Gasteiger partial charge on any atom is 0.244 e. The van der Waals surface area contributed by atoms with E-state index in [4.69, 9.17) is 0 Å². The van der Waals surface area contributed by atoms with Gasteiger partial charge in [0.25, 0.3) is 0 Å². The second-order valence-corrected chi connectivity index (χ2v) is 5.60. The molecule has 1 amide bonds. The minimum Gasteiger partial charge on any atom is -0.388 e. The van der Waals surface area contributed by atoms with Crippen molar-refractivity contribution in [2.24, 2.45) is 0 Å². The Morgan fingerprint density at radius 3 is 2.61 bits per heavy atom. The molecule has 18 heavy (non-hydrogen) atoms. The van der Waals surface area contributed by atoms with Crippen LogP contribution in [-0.4, -0.2) is 23.2 Å². The van der Waals surface area contributed by atoms with E-state index in [0.29, 0.717) is 6.54 Å². The fourth-order valence-corrected chi connectivity index (χ4v) is 2.08. The van der Waals surface area contributed by atoms with E-state index < -0.39 is 5.60 Å². The summed E-state index contributed by atoms with van der Waals surface area (Å²) >= 11 is 3.36. The maximum atomic E-state index is 11.6. The highest BCUT2D eigenvalue weighted by Crippen LogP contribution is 2.30. The quantitative estimate of drug-likeness (QED) is 0.840. The van der Waals surface area contributed by atoms with Gasteiger partial charge in [-0.2, -0.15) is 0 Å². The summed E-state index contributed by atoms with van der Waals surface area (Å²) in [7, 11) is 0. The van der Waals surface area contributed by atoms with Crippen molar-refractivity contribution in [3.05, 3.63) is 40.4 Å². The molecule has 0 spiro atoms. The van der Waals surface area contributed by atoms with E-state index in [1.165, 1.54) is 6.08 Å². The molecular formula is C14H16BrNO2. The molecule has 0 atom stereocenters. The van der Waals surface area contributed by atoms with Crippen LogP contribution < -0.4 is 5.32 Å². The Hall–Kier alpha value is -1.13. The van der Waals surface area contributed by atoms with E-state index in [0.717, 1.165) is 29.3 Å². The number of rotatable bonds is 4. The molecule has 4 heteroatoms. The summed E-state index contributed by atoms with van der Waals surface area (Å²) in [5, 5.41) is 12.6. The number of hydrogen-bond acceptors (Lipinski definition) is 2. The lowest BCUT2D eigenvalue weighted by atomic mass is 9.80. The molecule has 0 bridgehead atoms. The first kappa shape index (κ1) is 13.3. The number of hydrogen-bond donors (Lipinski definition) is 2.